The molecule has 0 atom stereocenters. The largest absolute Gasteiger partial charge is 0.494 e. The fourth-order valence-corrected chi connectivity index (χ4v) is 5.77. The summed E-state index contributed by atoms with van der Waals surface area (Å²) in [7, 11) is -0.476. The summed E-state index contributed by atoms with van der Waals surface area (Å²) in [4.78, 5) is 15.5. The summed E-state index contributed by atoms with van der Waals surface area (Å²) >= 11 is 0. The number of anilines is 1. The van der Waals surface area contributed by atoms with Gasteiger partial charge in [0.25, 0.3) is 0 Å². The van der Waals surface area contributed by atoms with E-state index in [-0.39, 0.29) is 36.9 Å². The fourth-order valence-electron chi connectivity index (χ4n) is 5.77. The number of halogens is 2. The van der Waals surface area contributed by atoms with Crippen LogP contribution >= 0.6 is 0 Å². The van der Waals surface area contributed by atoms with E-state index in [1.807, 2.05) is 58.6 Å². The molecule has 2 aliphatic carbocycles. The molecule has 2 heterocycles. The van der Waals surface area contributed by atoms with Crippen LogP contribution in [0.25, 0.3) is 0 Å². The van der Waals surface area contributed by atoms with E-state index in [4.69, 9.17) is 9.31 Å². The average molecular weight is 474 g/mol. The third-order valence-electron chi connectivity index (χ3n) is 8.90. The van der Waals surface area contributed by atoms with Gasteiger partial charge in [-0.05, 0) is 84.3 Å². The van der Waals surface area contributed by atoms with Gasteiger partial charge in [0.1, 0.15) is 0 Å². The highest BCUT2D eigenvalue weighted by Crippen LogP contribution is 2.46. The Morgan fingerprint density at radius 3 is 2.15 bits per heavy atom. The van der Waals surface area contributed by atoms with Crippen LogP contribution in [0.4, 0.5) is 14.5 Å². The van der Waals surface area contributed by atoms with Crippen molar-refractivity contribution in [1.29, 1.82) is 0 Å². The fraction of sp³-hybridized carbons (Fsp3) is 0.731. The van der Waals surface area contributed by atoms with E-state index in [9.17, 15) is 13.6 Å². The van der Waals surface area contributed by atoms with Crippen molar-refractivity contribution in [2.75, 3.05) is 4.90 Å². The number of carbonyl (C=O) groups is 1. The van der Waals surface area contributed by atoms with E-state index in [0.29, 0.717) is 12.8 Å². The lowest BCUT2D eigenvalue weighted by atomic mass is 9.76. The molecular formula is C26H37BF2N2O3. The number of fused-ring (bicyclic) bond motifs is 1. The minimum absolute atomic E-state index is 0.0330. The molecule has 186 valence electrons. The Balaban J connectivity index is 1.31. The average Bonchev–Trinajstić information content (AvgIpc) is 3.05. The van der Waals surface area contributed by atoms with Crippen molar-refractivity contribution in [3.8, 4) is 0 Å². The van der Waals surface area contributed by atoms with Crippen LogP contribution < -0.4 is 15.7 Å². The Morgan fingerprint density at radius 1 is 0.971 bits per heavy atom. The Labute approximate surface area is 202 Å². The molecule has 5 nitrogen and oxygen atoms in total. The van der Waals surface area contributed by atoms with Gasteiger partial charge in [-0.25, -0.2) is 8.78 Å². The highest BCUT2D eigenvalue weighted by atomic mass is 19.3. The summed E-state index contributed by atoms with van der Waals surface area (Å²) in [5, 5.41) is 3.57. The van der Waals surface area contributed by atoms with E-state index in [0.717, 1.165) is 29.6 Å². The van der Waals surface area contributed by atoms with Crippen LogP contribution in [0.5, 0.6) is 0 Å². The van der Waals surface area contributed by atoms with E-state index < -0.39 is 29.7 Å². The van der Waals surface area contributed by atoms with E-state index in [1.165, 1.54) is 0 Å². The van der Waals surface area contributed by atoms with Gasteiger partial charge in [-0.15, -0.1) is 0 Å². The lowest BCUT2D eigenvalue weighted by Gasteiger charge is -2.44. The Bertz CT molecular complexity index is 964. The van der Waals surface area contributed by atoms with E-state index >= 15 is 0 Å². The normalized spacial score (nSPS) is 31.5. The number of nitrogens with zero attached hydrogens (tertiary/aromatic N) is 1. The molecule has 3 fully saturated rings. The SMILES string of the molecule is CC1(C)C(=O)N([C@H]2C[C@@H](NC3CCC(F)(F)CC3)C2)c2cc(B3OC(C)(C)C(C)(C)O3)ccc21. The van der Waals surface area contributed by atoms with Gasteiger partial charge in [0.2, 0.25) is 11.8 Å². The van der Waals surface area contributed by atoms with Crippen molar-refractivity contribution < 1.29 is 22.9 Å². The lowest BCUT2D eigenvalue weighted by molar-refractivity contribution is -0.123. The predicted octanol–water partition coefficient (Wildman–Crippen LogP) is 4.31. The quantitative estimate of drug-likeness (QED) is 0.661. The number of carbonyl (C=O) groups excluding carboxylic acids is 1. The minimum Gasteiger partial charge on any atom is -0.399 e. The highest BCUT2D eigenvalue weighted by molar-refractivity contribution is 6.62. The molecule has 8 heteroatoms. The number of rotatable bonds is 4. The molecular weight excluding hydrogens is 437 g/mol. The highest BCUT2D eigenvalue weighted by Gasteiger charge is 2.53. The summed E-state index contributed by atoms with van der Waals surface area (Å²) < 4.78 is 39.5. The monoisotopic (exact) mass is 474 g/mol. The van der Waals surface area contributed by atoms with Crippen molar-refractivity contribution in [3.63, 3.8) is 0 Å². The zero-order chi connectivity index (χ0) is 24.7. The number of hydrogen-bond acceptors (Lipinski definition) is 4. The molecule has 0 bridgehead atoms. The third kappa shape index (κ3) is 3.90. The maximum Gasteiger partial charge on any atom is 0.494 e. The first-order chi connectivity index (χ1) is 15.7. The van der Waals surface area contributed by atoms with Crippen LogP contribution in [0.15, 0.2) is 18.2 Å². The van der Waals surface area contributed by atoms with Gasteiger partial charge in [-0.2, -0.15) is 0 Å². The number of nitrogens with one attached hydrogen (secondary N) is 1. The molecule has 34 heavy (non-hydrogen) atoms. The van der Waals surface area contributed by atoms with Crippen molar-refractivity contribution in [1.82, 2.24) is 5.32 Å². The summed E-state index contributed by atoms with van der Waals surface area (Å²) in [6.45, 7) is 12.1. The number of alkyl halides is 2. The number of hydrogen-bond donors (Lipinski definition) is 1. The summed E-state index contributed by atoms with van der Waals surface area (Å²) in [6, 6.07) is 6.66. The van der Waals surface area contributed by atoms with Gasteiger partial charge in [0, 0.05) is 36.7 Å². The number of benzene rings is 1. The molecule has 1 aromatic carbocycles. The Morgan fingerprint density at radius 2 is 1.56 bits per heavy atom. The second kappa shape index (κ2) is 7.74. The molecule has 5 rings (SSSR count). The van der Waals surface area contributed by atoms with Crippen molar-refractivity contribution >= 4 is 24.2 Å². The van der Waals surface area contributed by atoms with Crippen molar-refractivity contribution in [2.45, 2.75) is 121 Å². The number of amides is 1. The van der Waals surface area contributed by atoms with Gasteiger partial charge in [0.15, 0.2) is 0 Å². The summed E-state index contributed by atoms with van der Waals surface area (Å²) in [5.41, 5.74) is 1.46. The molecule has 1 amide bonds. The van der Waals surface area contributed by atoms with Gasteiger partial charge in [0.05, 0.1) is 16.6 Å². The minimum atomic E-state index is -2.51. The first kappa shape index (κ1) is 24.2. The van der Waals surface area contributed by atoms with Crippen LogP contribution in [0, 0.1) is 0 Å². The first-order valence-electron chi connectivity index (χ1n) is 12.7. The molecule has 4 aliphatic rings. The third-order valence-corrected chi connectivity index (χ3v) is 8.90. The maximum atomic E-state index is 13.5. The van der Waals surface area contributed by atoms with Gasteiger partial charge >= 0.3 is 7.12 Å². The zero-order valence-electron chi connectivity index (χ0n) is 21.2. The lowest BCUT2D eigenvalue weighted by Crippen LogP contribution is -2.57. The molecule has 0 spiro atoms. The van der Waals surface area contributed by atoms with Crippen LogP contribution in [0.2, 0.25) is 0 Å². The summed E-state index contributed by atoms with van der Waals surface area (Å²) in [5.74, 6) is -2.39. The maximum absolute atomic E-state index is 13.5. The molecule has 2 saturated carbocycles. The van der Waals surface area contributed by atoms with Gasteiger partial charge in [-0.1, -0.05) is 12.1 Å². The molecule has 0 radical (unpaired) electrons. The standard InChI is InChI=1S/C26H37BF2N2O3/c1-23(2)20-8-7-16(27-33-24(3,4)25(5,6)34-27)13-21(20)31(22(23)32)19-14-18(15-19)30-17-9-11-26(28,29)12-10-17/h7-8,13,17-19,30H,9-12,14-15H2,1-6H3/t18-,19+. The predicted molar refractivity (Wildman–Crippen MR) is 130 cm³/mol. The molecule has 2 aliphatic heterocycles. The van der Waals surface area contributed by atoms with Crippen LogP contribution in [-0.2, 0) is 19.5 Å². The molecule has 1 aromatic rings. The Hall–Kier alpha value is -1.51. The smallest absolute Gasteiger partial charge is 0.399 e. The van der Waals surface area contributed by atoms with Crippen LogP contribution in [0.3, 0.4) is 0 Å². The zero-order valence-corrected chi connectivity index (χ0v) is 21.2. The molecule has 0 aromatic heterocycles. The van der Waals surface area contributed by atoms with E-state index in [2.05, 4.69) is 11.4 Å². The van der Waals surface area contributed by atoms with Crippen LogP contribution in [0.1, 0.15) is 85.6 Å². The topological polar surface area (TPSA) is 50.8 Å². The second-order valence-corrected chi connectivity index (χ2v) is 12.3. The first-order valence-corrected chi connectivity index (χ1v) is 12.7. The molecule has 0 unspecified atom stereocenters. The van der Waals surface area contributed by atoms with Gasteiger partial charge < -0.3 is 19.5 Å². The Kier molecular flexibility index (Phi) is 5.51. The second-order valence-electron chi connectivity index (χ2n) is 12.3. The van der Waals surface area contributed by atoms with Gasteiger partial charge in [-0.3, -0.25) is 4.79 Å². The summed E-state index contributed by atoms with van der Waals surface area (Å²) in [6.07, 6.45) is 2.65. The molecule has 1 saturated heterocycles. The van der Waals surface area contributed by atoms with Crippen LogP contribution in [-0.4, -0.2) is 48.3 Å². The van der Waals surface area contributed by atoms with Crippen molar-refractivity contribution in [2.24, 2.45) is 0 Å². The van der Waals surface area contributed by atoms with Crippen molar-refractivity contribution in [3.05, 3.63) is 23.8 Å². The molecule has 1 N–H and O–H groups in total. The van der Waals surface area contributed by atoms with E-state index in [1.54, 1.807) is 0 Å².